The smallest absolute Gasteiger partial charge is 0.246 e. The number of carbonyl (C=O) groups is 1. The molecule has 1 saturated heterocycles. The van der Waals surface area contributed by atoms with Crippen molar-refractivity contribution >= 4 is 27.5 Å². The summed E-state index contributed by atoms with van der Waals surface area (Å²) in [6, 6.07) is 0. The zero-order valence-corrected chi connectivity index (χ0v) is 11.8. The summed E-state index contributed by atoms with van der Waals surface area (Å²) in [6.45, 7) is 1.96. The van der Waals surface area contributed by atoms with Crippen molar-refractivity contribution in [2.45, 2.75) is 18.2 Å². The van der Waals surface area contributed by atoms with Gasteiger partial charge in [-0.15, -0.1) is 0 Å². The maximum atomic E-state index is 12.3. The van der Waals surface area contributed by atoms with Crippen LogP contribution in [0, 0.1) is 5.41 Å². The van der Waals surface area contributed by atoms with Crippen LogP contribution in [0.15, 0.2) is 17.3 Å². The molecule has 2 rings (SSSR count). The fourth-order valence-corrected chi connectivity index (χ4v) is 3.46. The topological polar surface area (TPSA) is 106 Å². The van der Waals surface area contributed by atoms with Gasteiger partial charge in [-0.2, -0.15) is 4.31 Å². The van der Waals surface area contributed by atoms with Gasteiger partial charge in [0.25, 0.3) is 0 Å². The van der Waals surface area contributed by atoms with Crippen LogP contribution in [0.25, 0.3) is 0 Å². The van der Waals surface area contributed by atoms with E-state index >= 15 is 0 Å². The van der Waals surface area contributed by atoms with Gasteiger partial charge in [-0.3, -0.25) is 4.79 Å². The molecule has 1 fully saturated rings. The molecular weight excluding hydrogens is 292 g/mol. The first-order valence-corrected chi connectivity index (χ1v) is 7.35. The molecule has 104 valence electrons. The number of halogens is 1. The summed E-state index contributed by atoms with van der Waals surface area (Å²) < 4.78 is 25.8. The van der Waals surface area contributed by atoms with Gasteiger partial charge in [-0.25, -0.2) is 18.4 Å². The molecule has 0 spiro atoms. The highest BCUT2D eigenvalue weighted by Gasteiger charge is 2.43. The summed E-state index contributed by atoms with van der Waals surface area (Å²) >= 11 is 5.52. The third kappa shape index (κ3) is 2.56. The van der Waals surface area contributed by atoms with Crippen molar-refractivity contribution in [3.63, 3.8) is 0 Å². The SMILES string of the molecule is CC1(C(N)=O)CCN(S(=O)(=O)c2cnc(Cl)nc2)C1. The Bertz CT molecular complexity index is 604. The molecule has 0 aliphatic carbocycles. The molecule has 1 aliphatic heterocycles. The molecule has 0 aromatic carbocycles. The second kappa shape index (κ2) is 4.69. The number of rotatable bonds is 3. The fourth-order valence-electron chi connectivity index (χ4n) is 1.91. The van der Waals surface area contributed by atoms with Gasteiger partial charge < -0.3 is 5.73 Å². The van der Waals surface area contributed by atoms with Gasteiger partial charge in [0.2, 0.25) is 21.2 Å². The molecule has 1 unspecified atom stereocenters. The van der Waals surface area contributed by atoms with E-state index in [1.807, 2.05) is 0 Å². The van der Waals surface area contributed by atoms with E-state index in [4.69, 9.17) is 17.3 Å². The molecule has 19 heavy (non-hydrogen) atoms. The van der Waals surface area contributed by atoms with Gasteiger partial charge >= 0.3 is 0 Å². The molecular formula is C10H13ClN4O3S. The Morgan fingerprint density at radius 3 is 2.53 bits per heavy atom. The van der Waals surface area contributed by atoms with Gasteiger partial charge in [-0.1, -0.05) is 0 Å². The number of hydrogen-bond donors (Lipinski definition) is 1. The molecule has 0 saturated carbocycles. The highest BCUT2D eigenvalue weighted by molar-refractivity contribution is 7.89. The van der Waals surface area contributed by atoms with Crippen LogP contribution in [0.2, 0.25) is 5.28 Å². The standard InChI is InChI=1S/C10H13ClN4O3S/c1-10(8(12)16)2-3-15(6-10)19(17,18)7-4-13-9(11)14-5-7/h4-5H,2-3,6H2,1H3,(H2,12,16). The lowest BCUT2D eigenvalue weighted by Crippen LogP contribution is -2.38. The summed E-state index contributed by atoms with van der Waals surface area (Å²) in [5.74, 6) is -0.502. The van der Waals surface area contributed by atoms with Gasteiger partial charge in [-0.05, 0) is 24.9 Å². The number of nitrogens with two attached hydrogens (primary N) is 1. The minimum absolute atomic E-state index is 0.0256. The normalized spacial score (nSPS) is 24.5. The minimum atomic E-state index is -3.72. The molecule has 1 atom stereocenters. The monoisotopic (exact) mass is 304 g/mol. The number of hydrogen-bond acceptors (Lipinski definition) is 5. The van der Waals surface area contributed by atoms with Crippen LogP contribution in [0.3, 0.4) is 0 Å². The number of amides is 1. The van der Waals surface area contributed by atoms with E-state index in [2.05, 4.69) is 9.97 Å². The van der Waals surface area contributed by atoms with Crippen molar-refractivity contribution < 1.29 is 13.2 Å². The van der Waals surface area contributed by atoms with Crippen LogP contribution < -0.4 is 5.73 Å². The Labute approximate surface area is 115 Å². The summed E-state index contributed by atoms with van der Waals surface area (Å²) in [5.41, 5.74) is 4.46. The molecule has 2 heterocycles. The molecule has 0 bridgehead atoms. The van der Waals surface area contributed by atoms with E-state index in [0.717, 1.165) is 12.4 Å². The van der Waals surface area contributed by atoms with Crippen molar-refractivity contribution in [2.75, 3.05) is 13.1 Å². The largest absolute Gasteiger partial charge is 0.369 e. The summed E-state index contributed by atoms with van der Waals surface area (Å²) in [6.07, 6.45) is 2.69. The third-order valence-electron chi connectivity index (χ3n) is 3.27. The highest BCUT2D eigenvalue weighted by atomic mass is 35.5. The van der Waals surface area contributed by atoms with Gasteiger partial charge in [0.15, 0.2) is 0 Å². The van der Waals surface area contributed by atoms with E-state index in [1.165, 1.54) is 4.31 Å². The molecule has 9 heteroatoms. The highest BCUT2D eigenvalue weighted by Crippen LogP contribution is 2.32. The number of sulfonamides is 1. The van der Waals surface area contributed by atoms with E-state index < -0.39 is 21.3 Å². The van der Waals surface area contributed by atoms with E-state index in [9.17, 15) is 13.2 Å². The van der Waals surface area contributed by atoms with Crippen LogP contribution in [0.1, 0.15) is 13.3 Å². The molecule has 1 aromatic heterocycles. The van der Waals surface area contributed by atoms with Crippen molar-refractivity contribution in [2.24, 2.45) is 11.1 Å². The third-order valence-corrected chi connectivity index (χ3v) is 5.26. The van der Waals surface area contributed by atoms with Crippen molar-refractivity contribution in [3.8, 4) is 0 Å². The van der Waals surface area contributed by atoms with Crippen LogP contribution in [0.5, 0.6) is 0 Å². The first kappa shape index (κ1) is 14.2. The Morgan fingerprint density at radius 1 is 1.47 bits per heavy atom. The fraction of sp³-hybridized carbons (Fsp3) is 0.500. The molecule has 1 aliphatic rings. The van der Waals surface area contributed by atoms with E-state index in [0.29, 0.717) is 6.42 Å². The predicted octanol–water partition coefficient (Wildman–Crippen LogP) is 0.0160. The summed E-state index contributed by atoms with van der Waals surface area (Å²) in [4.78, 5) is 18.6. The second-order valence-electron chi connectivity index (χ2n) is 4.70. The summed E-state index contributed by atoms with van der Waals surface area (Å²) in [5, 5.41) is -0.0256. The zero-order valence-electron chi connectivity index (χ0n) is 10.2. The average molecular weight is 305 g/mol. The lowest BCUT2D eigenvalue weighted by atomic mass is 9.89. The van der Waals surface area contributed by atoms with E-state index in [1.54, 1.807) is 6.92 Å². The van der Waals surface area contributed by atoms with Gasteiger partial charge in [0.1, 0.15) is 4.90 Å². The zero-order chi connectivity index (χ0) is 14.3. The average Bonchev–Trinajstić information content (AvgIpc) is 2.75. The van der Waals surface area contributed by atoms with Crippen molar-refractivity contribution in [1.29, 1.82) is 0 Å². The quantitative estimate of drug-likeness (QED) is 0.792. The molecule has 0 radical (unpaired) electrons. The second-order valence-corrected chi connectivity index (χ2v) is 6.98. The summed E-state index contributed by atoms with van der Waals surface area (Å²) in [7, 11) is -3.72. The van der Waals surface area contributed by atoms with Crippen LogP contribution in [-0.4, -0.2) is 41.7 Å². The Hall–Kier alpha value is -1.25. The molecule has 7 nitrogen and oxygen atoms in total. The maximum absolute atomic E-state index is 12.3. The first-order chi connectivity index (χ1) is 8.75. The van der Waals surface area contributed by atoms with Crippen molar-refractivity contribution in [1.82, 2.24) is 14.3 Å². The van der Waals surface area contributed by atoms with Crippen LogP contribution >= 0.6 is 11.6 Å². The van der Waals surface area contributed by atoms with Crippen molar-refractivity contribution in [3.05, 3.63) is 17.7 Å². The molecule has 2 N–H and O–H groups in total. The van der Waals surface area contributed by atoms with Gasteiger partial charge in [0.05, 0.1) is 17.8 Å². The van der Waals surface area contributed by atoms with E-state index in [-0.39, 0.29) is 23.3 Å². The lowest BCUT2D eigenvalue weighted by molar-refractivity contribution is -0.126. The number of nitrogens with zero attached hydrogens (tertiary/aromatic N) is 3. The number of aromatic nitrogens is 2. The van der Waals surface area contributed by atoms with Crippen LogP contribution in [-0.2, 0) is 14.8 Å². The predicted molar refractivity (Wildman–Crippen MR) is 67.7 cm³/mol. The Morgan fingerprint density at radius 2 is 2.05 bits per heavy atom. The first-order valence-electron chi connectivity index (χ1n) is 5.53. The lowest BCUT2D eigenvalue weighted by Gasteiger charge is -2.20. The molecule has 1 amide bonds. The maximum Gasteiger partial charge on any atom is 0.246 e. The van der Waals surface area contributed by atoms with Crippen LogP contribution in [0.4, 0.5) is 0 Å². The number of primary amides is 1. The molecule has 1 aromatic rings. The Kier molecular flexibility index (Phi) is 3.50. The minimum Gasteiger partial charge on any atom is -0.369 e. The van der Waals surface area contributed by atoms with Gasteiger partial charge in [0, 0.05) is 13.1 Å². The Balaban J connectivity index is 2.28. The number of carbonyl (C=O) groups excluding carboxylic acids is 1.